The molecule has 1 fully saturated rings. The smallest absolute Gasteiger partial charge is 0.329 e. The molecular formula is C10H15N5O4. The van der Waals surface area contributed by atoms with Crippen LogP contribution in [-0.4, -0.2) is 62.1 Å². The van der Waals surface area contributed by atoms with Gasteiger partial charge in [-0.2, -0.15) is 10.1 Å². The molecule has 1 aliphatic rings. The second-order valence-electron chi connectivity index (χ2n) is 4.63. The minimum Gasteiger partial charge on any atom is -0.480 e. The fourth-order valence-electron chi connectivity index (χ4n) is 1.82. The number of aliphatic carboxylic acids is 1. The molecule has 2 heterocycles. The molecule has 1 aromatic rings. The van der Waals surface area contributed by atoms with Crippen LogP contribution in [0.2, 0.25) is 0 Å². The highest BCUT2D eigenvalue weighted by molar-refractivity contribution is 5.88. The number of carboxylic acid groups (broad SMARTS) is 1. The Bertz CT molecular complexity index is 494. The van der Waals surface area contributed by atoms with Gasteiger partial charge in [-0.15, -0.1) is 0 Å². The maximum absolute atomic E-state index is 11.8. The summed E-state index contributed by atoms with van der Waals surface area (Å²) in [5, 5.41) is 15.0. The quantitative estimate of drug-likeness (QED) is 0.764. The summed E-state index contributed by atoms with van der Waals surface area (Å²) in [7, 11) is 1.67. The molecule has 0 atom stereocenters. The van der Waals surface area contributed by atoms with Crippen molar-refractivity contribution < 1.29 is 19.4 Å². The second-order valence-corrected chi connectivity index (χ2v) is 4.63. The highest BCUT2D eigenvalue weighted by Crippen LogP contribution is 2.25. The number of anilines is 1. The molecule has 19 heavy (non-hydrogen) atoms. The number of carbonyl (C=O) groups is 2. The summed E-state index contributed by atoms with van der Waals surface area (Å²) in [6.07, 6.45) is 1.34. The van der Waals surface area contributed by atoms with Crippen LogP contribution in [0.3, 0.4) is 0 Å². The number of nitrogens with one attached hydrogen (secondary N) is 1. The van der Waals surface area contributed by atoms with Gasteiger partial charge in [-0.25, -0.2) is 14.3 Å². The summed E-state index contributed by atoms with van der Waals surface area (Å²) in [6, 6.07) is -0.312. The van der Waals surface area contributed by atoms with Crippen LogP contribution in [0.1, 0.15) is 6.92 Å². The van der Waals surface area contributed by atoms with Crippen molar-refractivity contribution in [1.29, 1.82) is 0 Å². The molecule has 2 rings (SSSR count). The van der Waals surface area contributed by atoms with E-state index in [0.29, 0.717) is 19.0 Å². The van der Waals surface area contributed by atoms with E-state index < -0.39 is 11.6 Å². The van der Waals surface area contributed by atoms with Gasteiger partial charge in [0.15, 0.2) is 0 Å². The number of aryl methyl sites for hydroxylation is 1. The zero-order valence-electron chi connectivity index (χ0n) is 10.7. The first-order valence-corrected chi connectivity index (χ1v) is 5.65. The number of rotatable bonds is 4. The molecule has 0 unspecified atom stereocenters. The Labute approximate surface area is 109 Å². The standard InChI is InChI=1S/C10H15N5O4/c1-10(19-3-7(16)17)4-15(5-10)9(18)13-8-11-6-12-14(8)2/h6H,3-5H2,1-2H3,(H,16,17)(H,11,12,13,18). The van der Waals surface area contributed by atoms with E-state index in [1.165, 1.54) is 15.9 Å². The maximum Gasteiger partial charge on any atom is 0.329 e. The van der Waals surface area contributed by atoms with Gasteiger partial charge in [0.25, 0.3) is 0 Å². The fraction of sp³-hybridized carbons (Fsp3) is 0.600. The van der Waals surface area contributed by atoms with Crippen molar-refractivity contribution >= 4 is 17.9 Å². The Morgan fingerprint density at radius 1 is 1.58 bits per heavy atom. The van der Waals surface area contributed by atoms with E-state index in [-0.39, 0.29) is 12.6 Å². The zero-order valence-corrected chi connectivity index (χ0v) is 10.7. The molecule has 9 nitrogen and oxygen atoms in total. The molecule has 0 aliphatic carbocycles. The number of hydrogen-bond donors (Lipinski definition) is 2. The highest BCUT2D eigenvalue weighted by Gasteiger charge is 2.43. The summed E-state index contributed by atoms with van der Waals surface area (Å²) >= 11 is 0. The van der Waals surface area contributed by atoms with Crippen LogP contribution < -0.4 is 5.32 Å². The molecule has 1 aromatic heterocycles. The Hall–Kier alpha value is -2.16. The predicted molar refractivity (Wildman–Crippen MR) is 63.6 cm³/mol. The van der Waals surface area contributed by atoms with E-state index in [1.807, 2.05) is 0 Å². The average Bonchev–Trinajstić information content (AvgIpc) is 2.68. The number of ether oxygens (including phenoxy) is 1. The Kier molecular flexibility index (Phi) is 3.38. The first-order chi connectivity index (χ1) is 8.89. The van der Waals surface area contributed by atoms with Gasteiger partial charge in [0, 0.05) is 7.05 Å². The van der Waals surface area contributed by atoms with Gasteiger partial charge in [-0.1, -0.05) is 0 Å². The molecule has 0 radical (unpaired) electrons. The minimum absolute atomic E-state index is 0.312. The third-order valence-corrected chi connectivity index (χ3v) is 2.81. The van der Waals surface area contributed by atoms with Crippen molar-refractivity contribution in [3.63, 3.8) is 0 Å². The lowest BCUT2D eigenvalue weighted by Gasteiger charge is -2.46. The first-order valence-electron chi connectivity index (χ1n) is 5.65. The second kappa shape index (κ2) is 4.84. The van der Waals surface area contributed by atoms with Crippen LogP contribution in [0.5, 0.6) is 0 Å². The number of amides is 2. The summed E-state index contributed by atoms with van der Waals surface area (Å²) in [6.45, 7) is 2.07. The van der Waals surface area contributed by atoms with Gasteiger partial charge < -0.3 is 14.7 Å². The van der Waals surface area contributed by atoms with E-state index in [2.05, 4.69) is 15.4 Å². The van der Waals surface area contributed by atoms with Crippen molar-refractivity contribution in [2.24, 2.45) is 7.05 Å². The SMILES string of the molecule is Cn1ncnc1NC(=O)N1CC(C)(OCC(=O)O)C1. The van der Waals surface area contributed by atoms with Crippen LogP contribution >= 0.6 is 0 Å². The van der Waals surface area contributed by atoms with Gasteiger partial charge in [-0.05, 0) is 6.92 Å². The molecular weight excluding hydrogens is 254 g/mol. The third kappa shape index (κ3) is 2.99. The highest BCUT2D eigenvalue weighted by atomic mass is 16.5. The van der Waals surface area contributed by atoms with Crippen LogP contribution in [0.15, 0.2) is 6.33 Å². The number of hydrogen-bond acceptors (Lipinski definition) is 5. The number of aromatic nitrogens is 3. The predicted octanol–water partition coefficient (Wildman–Crippen LogP) is -0.477. The summed E-state index contributed by atoms with van der Waals surface area (Å²) < 4.78 is 6.65. The minimum atomic E-state index is -1.02. The van der Waals surface area contributed by atoms with Crippen LogP contribution in [0.4, 0.5) is 10.7 Å². The molecule has 0 aromatic carbocycles. The largest absolute Gasteiger partial charge is 0.480 e. The zero-order chi connectivity index (χ0) is 14.0. The topological polar surface area (TPSA) is 110 Å². The van der Waals surface area contributed by atoms with E-state index in [4.69, 9.17) is 9.84 Å². The van der Waals surface area contributed by atoms with Crippen molar-refractivity contribution in [1.82, 2.24) is 19.7 Å². The lowest BCUT2D eigenvalue weighted by molar-refractivity contribution is -0.159. The number of nitrogens with zero attached hydrogens (tertiary/aromatic N) is 4. The summed E-state index contributed by atoms with van der Waals surface area (Å²) in [5.74, 6) is -0.673. The number of urea groups is 1. The van der Waals surface area contributed by atoms with E-state index in [9.17, 15) is 9.59 Å². The molecule has 104 valence electrons. The van der Waals surface area contributed by atoms with Gasteiger partial charge in [0.2, 0.25) is 5.95 Å². The molecule has 2 amide bonds. The number of likely N-dealkylation sites (tertiary alicyclic amines) is 1. The molecule has 2 N–H and O–H groups in total. The van der Waals surface area contributed by atoms with E-state index in [1.54, 1.807) is 14.0 Å². The van der Waals surface area contributed by atoms with Crippen molar-refractivity contribution in [2.75, 3.05) is 25.0 Å². The Morgan fingerprint density at radius 3 is 2.79 bits per heavy atom. The van der Waals surface area contributed by atoms with Gasteiger partial charge in [0.05, 0.1) is 13.1 Å². The normalized spacial score (nSPS) is 16.8. The lowest BCUT2D eigenvalue weighted by Crippen LogP contribution is -2.64. The van der Waals surface area contributed by atoms with E-state index in [0.717, 1.165) is 0 Å². The number of carboxylic acids is 1. The molecule has 1 aliphatic heterocycles. The number of carbonyl (C=O) groups excluding carboxylic acids is 1. The van der Waals surface area contributed by atoms with Crippen LogP contribution in [0.25, 0.3) is 0 Å². The Balaban J connectivity index is 1.81. The molecule has 0 spiro atoms. The lowest BCUT2D eigenvalue weighted by atomic mass is 9.97. The third-order valence-electron chi connectivity index (χ3n) is 2.81. The van der Waals surface area contributed by atoms with E-state index >= 15 is 0 Å². The summed E-state index contributed by atoms with van der Waals surface area (Å²) in [5.41, 5.74) is -0.602. The maximum atomic E-state index is 11.8. The van der Waals surface area contributed by atoms with Crippen molar-refractivity contribution in [2.45, 2.75) is 12.5 Å². The van der Waals surface area contributed by atoms with Gasteiger partial charge in [0.1, 0.15) is 18.5 Å². The molecule has 0 saturated carbocycles. The average molecular weight is 269 g/mol. The van der Waals surface area contributed by atoms with Crippen LogP contribution in [-0.2, 0) is 16.6 Å². The molecule has 0 bridgehead atoms. The summed E-state index contributed by atoms with van der Waals surface area (Å²) in [4.78, 5) is 27.6. The Morgan fingerprint density at radius 2 is 2.26 bits per heavy atom. The molecule has 9 heteroatoms. The van der Waals surface area contributed by atoms with Crippen molar-refractivity contribution in [3.05, 3.63) is 6.33 Å². The fourth-order valence-corrected chi connectivity index (χ4v) is 1.82. The van der Waals surface area contributed by atoms with Crippen molar-refractivity contribution in [3.8, 4) is 0 Å². The first kappa shape index (κ1) is 13.3. The molecule has 1 saturated heterocycles. The van der Waals surface area contributed by atoms with Crippen LogP contribution in [0, 0.1) is 0 Å². The monoisotopic (exact) mass is 269 g/mol. The van der Waals surface area contributed by atoms with Gasteiger partial charge in [-0.3, -0.25) is 5.32 Å². The van der Waals surface area contributed by atoms with Gasteiger partial charge >= 0.3 is 12.0 Å².